The molecule has 0 amide bonds. The zero-order valence-corrected chi connectivity index (χ0v) is 13.6. The summed E-state index contributed by atoms with van der Waals surface area (Å²) >= 11 is 2.07. The summed E-state index contributed by atoms with van der Waals surface area (Å²) in [6.07, 6.45) is 6.44. The Hall–Kier alpha value is -1.00. The highest BCUT2D eigenvalue weighted by Gasteiger charge is 2.18. The van der Waals surface area contributed by atoms with Gasteiger partial charge in [-0.3, -0.25) is 4.68 Å². The van der Waals surface area contributed by atoms with Crippen molar-refractivity contribution in [3.8, 4) is 0 Å². The molecule has 1 unspecified atom stereocenters. The van der Waals surface area contributed by atoms with E-state index in [-0.39, 0.29) is 6.04 Å². The molecule has 1 aliphatic rings. The van der Waals surface area contributed by atoms with Gasteiger partial charge in [-0.1, -0.05) is 31.0 Å². The first-order valence-electron chi connectivity index (χ1n) is 8.09. The van der Waals surface area contributed by atoms with Gasteiger partial charge in [-0.25, -0.2) is 0 Å². The maximum absolute atomic E-state index is 6.36. The molecule has 0 aliphatic heterocycles. The molecule has 3 nitrogen and oxygen atoms in total. The van der Waals surface area contributed by atoms with E-state index in [9.17, 15) is 0 Å². The van der Waals surface area contributed by atoms with Gasteiger partial charge in [0.25, 0.3) is 0 Å². The van der Waals surface area contributed by atoms with E-state index in [1.807, 2.05) is 0 Å². The Labute approximate surface area is 131 Å². The number of hydrogen-bond donors (Lipinski definition) is 1. The summed E-state index contributed by atoms with van der Waals surface area (Å²) in [5.41, 5.74) is 8.74. The fourth-order valence-corrected chi connectivity index (χ4v) is 4.51. The van der Waals surface area contributed by atoms with Crippen LogP contribution in [0.1, 0.15) is 38.3 Å². The fraction of sp³-hybridized carbons (Fsp3) is 0.588. The minimum absolute atomic E-state index is 0.208. The molecule has 1 aromatic heterocycles. The number of hydrogen-bond acceptors (Lipinski definition) is 3. The highest BCUT2D eigenvalue weighted by molar-refractivity contribution is 7.99. The molecule has 4 heteroatoms. The topological polar surface area (TPSA) is 43.8 Å². The maximum Gasteiger partial charge on any atom is 0.0719 e. The summed E-state index contributed by atoms with van der Waals surface area (Å²) in [5.74, 6) is 1.05. The number of nitrogens with two attached hydrogens (primary N) is 1. The Bertz CT molecular complexity index is 587. The summed E-state index contributed by atoms with van der Waals surface area (Å²) in [7, 11) is 0. The molecule has 1 aliphatic carbocycles. The van der Waals surface area contributed by atoms with Crippen LogP contribution in [0.15, 0.2) is 24.3 Å². The van der Waals surface area contributed by atoms with E-state index in [2.05, 4.69) is 47.6 Å². The molecular weight excluding hydrogens is 278 g/mol. The Morgan fingerprint density at radius 3 is 2.86 bits per heavy atom. The van der Waals surface area contributed by atoms with Crippen LogP contribution in [-0.4, -0.2) is 26.8 Å². The summed E-state index contributed by atoms with van der Waals surface area (Å²) in [6, 6.07) is 8.69. The summed E-state index contributed by atoms with van der Waals surface area (Å²) in [4.78, 5) is 0. The number of aryl methyl sites for hydroxylation is 1. The molecule has 1 atom stereocenters. The molecule has 0 saturated heterocycles. The summed E-state index contributed by atoms with van der Waals surface area (Å²) < 4.78 is 2.08. The highest BCUT2D eigenvalue weighted by Crippen LogP contribution is 2.30. The molecule has 114 valence electrons. The van der Waals surface area contributed by atoms with Crippen LogP contribution in [0, 0.1) is 0 Å². The third-order valence-corrected chi connectivity index (χ3v) is 5.90. The molecule has 1 fully saturated rings. The lowest BCUT2D eigenvalue weighted by molar-refractivity contribution is 0.648. The quantitative estimate of drug-likeness (QED) is 0.886. The monoisotopic (exact) mass is 303 g/mol. The van der Waals surface area contributed by atoms with Crippen molar-refractivity contribution in [2.24, 2.45) is 5.73 Å². The molecule has 3 rings (SSSR count). The third-order valence-electron chi connectivity index (χ3n) is 4.34. The van der Waals surface area contributed by atoms with Crippen molar-refractivity contribution >= 4 is 22.7 Å². The molecule has 0 spiro atoms. The van der Waals surface area contributed by atoms with E-state index in [1.165, 1.54) is 36.6 Å². The Morgan fingerprint density at radius 2 is 2.10 bits per heavy atom. The Balaban J connectivity index is 1.66. The lowest BCUT2D eigenvalue weighted by Crippen LogP contribution is -2.27. The maximum atomic E-state index is 6.36. The van der Waals surface area contributed by atoms with Crippen LogP contribution in [0.3, 0.4) is 0 Å². The Kier molecular flexibility index (Phi) is 4.86. The average molecular weight is 303 g/mol. The SMILES string of the molecule is CCn1nc(CC(N)CSC2CCCC2)c2ccccc21. The second-order valence-electron chi connectivity index (χ2n) is 5.98. The lowest BCUT2D eigenvalue weighted by Gasteiger charge is -2.13. The first-order valence-corrected chi connectivity index (χ1v) is 9.14. The van der Waals surface area contributed by atoms with E-state index in [4.69, 9.17) is 10.8 Å². The van der Waals surface area contributed by atoms with E-state index < -0.39 is 0 Å². The number of thioether (sulfide) groups is 1. The fourth-order valence-electron chi connectivity index (χ4n) is 3.21. The average Bonchev–Trinajstić information content (AvgIpc) is 3.13. The van der Waals surface area contributed by atoms with Gasteiger partial charge in [-0.05, 0) is 25.8 Å². The largest absolute Gasteiger partial charge is 0.327 e. The van der Waals surface area contributed by atoms with Crippen molar-refractivity contribution < 1.29 is 0 Å². The molecule has 21 heavy (non-hydrogen) atoms. The van der Waals surface area contributed by atoms with Crippen molar-refractivity contribution in [3.05, 3.63) is 30.0 Å². The normalized spacial score (nSPS) is 17.6. The van der Waals surface area contributed by atoms with Gasteiger partial charge in [0.15, 0.2) is 0 Å². The molecule has 1 saturated carbocycles. The van der Waals surface area contributed by atoms with E-state index >= 15 is 0 Å². The standard InChI is InChI=1S/C17H25N3S/c1-2-20-17-10-6-5-9-15(17)16(19-20)11-13(18)12-21-14-7-3-4-8-14/h5-6,9-10,13-14H,2-4,7-8,11-12,18H2,1H3. The van der Waals surface area contributed by atoms with Crippen LogP contribution < -0.4 is 5.73 Å². The molecule has 2 aromatic rings. The lowest BCUT2D eigenvalue weighted by atomic mass is 10.1. The number of rotatable bonds is 6. The minimum atomic E-state index is 0.208. The van der Waals surface area contributed by atoms with Crippen LogP contribution in [0.25, 0.3) is 10.9 Å². The van der Waals surface area contributed by atoms with E-state index in [1.54, 1.807) is 0 Å². The van der Waals surface area contributed by atoms with Crippen molar-refractivity contribution in [1.82, 2.24) is 9.78 Å². The Morgan fingerprint density at radius 1 is 1.33 bits per heavy atom. The number of fused-ring (bicyclic) bond motifs is 1. The van der Waals surface area contributed by atoms with Crippen molar-refractivity contribution in [2.45, 2.75) is 56.9 Å². The summed E-state index contributed by atoms with van der Waals surface area (Å²) in [6.45, 7) is 3.05. The molecule has 2 N–H and O–H groups in total. The molecule has 0 bridgehead atoms. The van der Waals surface area contributed by atoms with Crippen molar-refractivity contribution in [2.75, 3.05) is 5.75 Å². The van der Waals surface area contributed by atoms with Crippen molar-refractivity contribution in [1.29, 1.82) is 0 Å². The second kappa shape index (κ2) is 6.84. The predicted molar refractivity (Wildman–Crippen MR) is 91.8 cm³/mol. The molecule has 1 aromatic carbocycles. The van der Waals surface area contributed by atoms with Crippen molar-refractivity contribution in [3.63, 3.8) is 0 Å². The van der Waals surface area contributed by atoms with Gasteiger partial charge in [-0.15, -0.1) is 0 Å². The van der Waals surface area contributed by atoms with E-state index in [0.717, 1.165) is 29.7 Å². The number of nitrogens with zero attached hydrogens (tertiary/aromatic N) is 2. The summed E-state index contributed by atoms with van der Waals surface area (Å²) in [5, 5.41) is 6.87. The predicted octanol–water partition coefficient (Wildman–Crippen LogP) is 3.60. The van der Waals surface area contributed by atoms with Crippen LogP contribution in [-0.2, 0) is 13.0 Å². The first-order chi connectivity index (χ1) is 10.3. The minimum Gasteiger partial charge on any atom is -0.327 e. The number of aromatic nitrogens is 2. The molecular formula is C17H25N3S. The van der Waals surface area contributed by atoms with Gasteiger partial charge in [0, 0.05) is 35.4 Å². The van der Waals surface area contributed by atoms with Gasteiger partial charge in [0.1, 0.15) is 0 Å². The smallest absolute Gasteiger partial charge is 0.0719 e. The second-order valence-corrected chi connectivity index (χ2v) is 7.32. The highest BCUT2D eigenvalue weighted by atomic mass is 32.2. The van der Waals surface area contributed by atoms with Gasteiger partial charge in [0.2, 0.25) is 0 Å². The van der Waals surface area contributed by atoms with Crippen LogP contribution in [0.5, 0.6) is 0 Å². The number of para-hydroxylation sites is 1. The molecule has 0 radical (unpaired) electrons. The van der Waals surface area contributed by atoms with Gasteiger partial charge in [0.05, 0.1) is 11.2 Å². The van der Waals surface area contributed by atoms with Gasteiger partial charge < -0.3 is 5.73 Å². The zero-order chi connectivity index (χ0) is 14.7. The van der Waals surface area contributed by atoms with E-state index in [0.29, 0.717) is 0 Å². The van der Waals surface area contributed by atoms with Crippen LogP contribution >= 0.6 is 11.8 Å². The number of benzene rings is 1. The van der Waals surface area contributed by atoms with Gasteiger partial charge >= 0.3 is 0 Å². The van der Waals surface area contributed by atoms with Gasteiger partial charge in [-0.2, -0.15) is 16.9 Å². The third kappa shape index (κ3) is 3.43. The van der Waals surface area contributed by atoms with Crippen LogP contribution in [0.4, 0.5) is 0 Å². The molecule has 1 heterocycles. The van der Waals surface area contributed by atoms with Crippen LogP contribution in [0.2, 0.25) is 0 Å². The zero-order valence-electron chi connectivity index (χ0n) is 12.8. The first kappa shape index (κ1) is 14.9.